The maximum atomic E-state index is 10.4. The van der Waals surface area contributed by atoms with Crippen molar-refractivity contribution in [3.8, 4) is 0 Å². The third kappa shape index (κ3) is 1.97. The van der Waals surface area contributed by atoms with E-state index in [0.717, 1.165) is 25.0 Å². The monoisotopic (exact) mass is 192 g/mol. The average Bonchev–Trinajstić information content (AvgIpc) is 2.30. The number of pyridine rings is 1. The topological polar surface area (TPSA) is 51.2 Å². The fourth-order valence-electron chi connectivity index (χ4n) is 1.47. The van der Waals surface area contributed by atoms with Crippen LogP contribution in [0.1, 0.15) is 22.1 Å². The van der Waals surface area contributed by atoms with E-state index < -0.39 is 0 Å². The summed E-state index contributed by atoms with van der Waals surface area (Å²) in [6.07, 6.45) is 2.46. The lowest BCUT2D eigenvalue weighted by molar-refractivity contribution is 0.0768. The Kier molecular flexibility index (Phi) is 2.86. The third-order valence-electron chi connectivity index (χ3n) is 2.25. The fraction of sp³-hybridized carbons (Fsp3) is 0.400. The van der Waals surface area contributed by atoms with Gasteiger partial charge in [-0.25, -0.2) is 0 Å². The van der Waals surface area contributed by atoms with Crippen molar-refractivity contribution in [3.05, 3.63) is 29.6 Å². The molecule has 1 fully saturated rings. The quantitative estimate of drug-likeness (QED) is 0.695. The molecule has 0 radical (unpaired) electrons. The van der Waals surface area contributed by atoms with E-state index >= 15 is 0 Å². The van der Waals surface area contributed by atoms with Crippen molar-refractivity contribution in [2.24, 2.45) is 0 Å². The van der Waals surface area contributed by atoms with E-state index in [1.807, 2.05) is 6.07 Å². The standard InChI is InChI=1S/C10H12N2O2/c13-6-9-2-1-8(5-12-9)10-7-14-4-3-11-10/h1-2,5-6,10-11H,3-4,7H2/t10-/m1/s1. The number of nitrogens with one attached hydrogen (secondary N) is 1. The number of rotatable bonds is 2. The highest BCUT2D eigenvalue weighted by molar-refractivity contribution is 5.71. The van der Waals surface area contributed by atoms with Gasteiger partial charge in [-0.3, -0.25) is 9.78 Å². The molecule has 0 unspecified atom stereocenters. The van der Waals surface area contributed by atoms with Crippen LogP contribution in [0, 0.1) is 0 Å². The van der Waals surface area contributed by atoms with Gasteiger partial charge in [-0.2, -0.15) is 0 Å². The van der Waals surface area contributed by atoms with E-state index in [1.54, 1.807) is 12.3 Å². The Morgan fingerprint density at radius 3 is 3.07 bits per heavy atom. The second kappa shape index (κ2) is 4.30. The van der Waals surface area contributed by atoms with E-state index in [1.165, 1.54) is 0 Å². The summed E-state index contributed by atoms with van der Waals surface area (Å²) in [4.78, 5) is 14.4. The van der Waals surface area contributed by atoms with Crippen LogP contribution in [0.3, 0.4) is 0 Å². The van der Waals surface area contributed by atoms with E-state index in [-0.39, 0.29) is 6.04 Å². The smallest absolute Gasteiger partial charge is 0.168 e. The Morgan fingerprint density at radius 2 is 2.50 bits per heavy atom. The van der Waals surface area contributed by atoms with Crippen molar-refractivity contribution in [3.63, 3.8) is 0 Å². The van der Waals surface area contributed by atoms with Crippen LogP contribution in [-0.4, -0.2) is 31.0 Å². The SMILES string of the molecule is O=Cc1ccc([C@H]2COCCN2)cn1. The molecule has 0 spiro atoms. The zero-order valence-corrected chi connectivity index (χ0v) is 7.77. The van der Waals surface area contributed by atoms with Gasteiger partial charge in [0.05, 0.1) is 19.3 Å². The van der Waals surface area contributed by atoms with Crippen LogP contribution >= 0.6 is 0 Å². The van der Waals surface area contributed by atoms with Gasteiger partial charge < -0.3 is 10.1 Å². The third-order valence-corrected chi connectivity index (χ3v) is 2.25. The predicted molar refractivity (Wildman–Crippen MR) is 51.2 cm³/mol. The Bertz CT molecular complexity index is 304. The lowest BCUT2D eigenvalue weighted by Crippen LogP contribution is -2.34. The van der Waals surface area contributed by atoms with Crippen molar-refractivity contribution in [2.75, 3.05) is 19.8 Å². The molecule has 1 aromatic rings. The molecule has 1 saturated heterocycles. The molecule has 1 aliphatic rings. The normalized spacial score (nSPS) is 21.9. The molecule has 2 rings (SSSR count). The Hall–Kier alpha value is -1.26. The Balaban J connectivity index is 2.11. The summed E-state index contributed by atoms with van der Waals surface area (Å²) in [6, 6.07) is 3.83. The minimum absolute atomic E-state index is 0.206. The van der Waals surface area contributed by atoms with Gasteiger partial charge in [0.15, 0.2) is 6.29 Å². The summed E-state index contributed by atoms with van der Waals surface area (Å²) >= 11 is 0. The molecule has 74 valence electrons. The summed E-state index contributed by atoms with van der Waals surface area (Å²) in [7, 11) is 0. The molecule has 4 heteroatoms. The van der Waals surface area contributed by atoms with Gasteiger partial charge in [0, 0.05) is 12.7 Å². The maximum Gasteiger partial charge on any atom is 0.168 e. The maximum absolute atomic E-state index is 10.4. The molecule has 2 heterocycles. The molecule has 0 amide bonds. The highest BCUT2D eigenvalue weighted by atomic mass is 16.5. The fourth-order valence-corrected chi connectivity index (χ4v) is 1.47. The van der Waals surface area contributed by atoms with Gasteiger partial charge in [0.2, 0.25) is 0 Å². The first kappa shape index (κ1) is 9.30. The van der Waals surface area contributed by atoms with Gasteiger partial charge in [0.25, 0.3) is 0 Å². The first-order valence-electron chi connectivity index (χ1n) is 4.62. The summed E-state index contributed by atoms with van der Waals surface area (Å²) in [5.74, 6) is 0. The molecular weight excluding hydrogens is 180 g/mol. The number of carbonyl (C=O) groups is 1. The first-order valence-corrected chi connectivity index (χ1v) is 4.62. The van der Waals surface area contributed by atoms with Crippen molar-refractivity contribution >= 4 is 6.29 Å². The van der Waals surface area contributed by atoms with Gasteiger partial charge in [-0.05, 0) is 11.6 Å². The molecule has 14 heavy (non-hydrogen) atoms. The molecule has 4 nitrogen and oxygen atoms in total. The summed E-state index contributed by atoms with van der Waals surface area (Å²) in [5.41, 5.74) is 1.53. The lowest BCUT2D eigenvalue weighted by Gasteiger charge is -2.23. The number of carbonyl (C=O) groups excluding carboxylic acids is 1. The van der Waals surface area contributed by atoms with Crippen LogP contribution in [0.15, 0.2) is 18.3 Å². The molecule has 1 atom stereocenters. The highest BCUT2D eigenvalue weighted by Crippen LogP contribution is 2.14. The van der Waals surface area contributed by atoms with Crippen LogP contribution in [0.4, 0.5) is 0 Å². The molecule has 1 aromatic heterocycles. The van der Waals surface area contributed by atoms with Gasteiger partial charge >= 0.3 is 0 Å². The zero-order valence-electron chi connectivity index (χ0n) is 7.77. The van der Waals surface area contributed by atoms with Gasteiger partial charge in [-0.15, -0.1) is 0 Å². The van der Waals surface area contributed by atoms with Crippen molar-refractivity contribution in [1.82, 2.24) is 10.3 Å². The van der Waals surface area contributed by atoms with E-state index in [9.17, 15) is 4.79 Å². The van der Waals surface area contributed by atoms with Crippen LogP contribution in [0.5, 0.6) is 0 Å². The predicted octanol–water partition coefficient (Wildman–Crippen LogP) is 0.555. The molecular formula is C10H12N2O2. The largest absolute Gasteiger partial charge is 0.378 e. The number of ether oxygens (including phenoxy) is 1. The van der Waals surface area contributed by atoms with Crippen LogP contribution < -0.4 is 5.32 Å². The van der Waals surface area contributed by atoms with Gasteiger partial charge in [0.1, 0.15) is 5.69 Å². The van der Waals surface area contributed by atoms with E-state index in [4.69, 9.17) is 4.74 Å². The first-order chi connectivity index (χ1) is 6.90. The van der Waals surface area contributed by atoms with E-state index in [2.05, 4.69) is 10.3 Å². The molecule has 0 aliphatic carbocycles. The number of hydrogen-bond donors (Lipinski definition) is 1. The summed E-state index contributed by atoms with van der Waals surface area (Å²) in [6.45, 7) is 2.29. The highest BCUT2D eigenvalue weighted by Gasteiger charge is 2.14. The summed E-state index contributed by atoms with van der Waals surface area (Å²) in [5, 5.41) is 3.32. The number of aromatic nitrogens is 1. The van der Waals surface area contributed by atoms with Crippen LogP contribution in [0.25, 0.3) is 0 Å². The van der Waals surface area contributed by atoms with Crippen molar-refractivity contribution in [2.45, 2.75) is 6.04 Å². The second-order valence-electron chi connectivity index (χ2n) is 3.22. The Labute approximate surface area is 82.3 Å². The zero-order chi connectivity index (χ0) is 9.80. The van der Waals surface area contributed by atoms with Gasteiger partial charge in [-0.1, -0.05) is 6.07 Å². The average molecular weight is 192 g/mol. The summed E-state index contributed by atoms with van der Waals surface area (Å²) < 4.78 is 5.33. The minimum atomic E-state index is 0.206. The molecule has 0 saturated carbocycles. The number of hydrogen-bond acceptors (Lipinski definition) is 4. The van der Waals surface area contributed by atoms with Crippen molar-refractivity contribution < 1.29 is 9.53 Å². The van der Waals surface area contributed by atoms with E-state index in [0.29, 0.717) is 12.3 Å². The van der Waals surface area contributed by atoms with Crippen molar-refractivity contribution in [1.29, 1.82) is 0 Å². The number of morpholine rings is 1. The second-order valence-corrected chi connectivity index (χ2v) is 3.22. The number of nitrogens with zero attached hydrogens (tertiary/aromatic N) is 1. The Morgan fingerprint density at radius 1 is 1.57 bits per heavy atom. The molecule has 0 aromatic carbocycles. The number of aldehydes is 1. The molecule has 1 aliphatic heterocycles. The van der Waals surface area contributed by atoms with Crippen LogP contribution in [0.2, 0.25) is 0 Å². The molecule has 0 bridgehead atoms. The molecule has 1 N–H and O–H groups in total. The minimum Gasteiger partial charge on any atom is -0.378 e. The lowest BCUT2D eigenvalue weighted by atomic mass is 10.1. The van der Waals surface area contributed by atoms with Crippen LogP contribution in [-0.2, 0) is 4.74 Å².